The number of hydrogen-bond acceptors (Lipinski definition) is 4. The Labute approximate surface area is 233 Å². The molecule has 3 rings (SSSR count). The van der Waals surface area contributed by atoms with Crippen molar-refractivity contribution in [1.82, 2.24) is 21.3 Å². The second-order valence-corrected chi connectivity index (χ2v) is 20.6. The zero-order chi connectivity index (χ0) is 28.0. The molecular weight excluding hydrogens is 490 g/mol. The molecule has 2 fully saturated rings. The van der Waals surface area contributed by atoms with E-state index < -0.39 is 0 Å². The summed E-state index contributed by atoms with van der Waals surface area (Å²) in [6.45, 7) is 35.7. The van der Waals surface area contributed by atoms with Gasteiger partial charge in [-0.25, -0.2) is 0 Å². The third-order valence-electron chi connectivity index (χ3n) is 8.65. The predicted molar refractivity (Wildman–Crippen MR) is 171 cm³/mol. The van der Waals surface area contributed by atoms with Crippen LogP contribution in [-0.2, 0) is 0 Å². The van der Waals surface area contributed by atoms with E-state index in [9.17, 15) is 0 Å². The highest BCUT2D eigenvalue weighted by atomic mass is 31.1. The van der Waals surface area contributed by atoms with Gasteiger partial charge in [0.1, 0.15) is 0 Å². The summed E-state index contributed by atoms with van der Waals surface area (Å²) in [6, 6.07) is 0.738. The quantitative estimate of drug-likeness (QED) is 0.330. The van der Waals surface area contributed by atoms with Crippen molar-refractivity contribution in [1.29, 1.82) is 0 Å². The van der Waals surface area contributed by atoms with Gasteiger partial charge in [0.05, 0.1) is 0 Å². The van der Waals surface area contributed by atoms with Crippen molar-refractivity contribution in [2.45, 2.75) is 111 Å². The van der Waals surface area contributed by atoms with Gasteiger partial charge in [0.2, 0.25) is 0 Å². The fraction of sp³-hybridized carbons (Fsp3) is 0.871. The summed E-state index contributed by atoms with van der Waals surface area (Å²) in [6.07, 6.45) is 3.94. The first-order valence-corrected chi connectivity index (χ1v) is 16.8. The fourth-order valence-corrected chi connectivity index (χ4v) is 11.8. The fourth-order valence-electron chi connectivity index (χ4n) is 7.20. The van der Waals surface area contributed by atoms with E-state index in [1.54, 1.807) is 16.7 Å². The van der Waals surface area contributed by atoms with Gasteiger partial charge in [-0.15, -0.1) is 9.24 Å². The molecule has 2 saturated heterocycles. The third-order valence-corrected chi connectivity index (χ3v) is 13.8. The van der Waals surface area contributed by atoms with Gasteiger partial charge < -0.3 is 21.3 Å². The van der Waals surface area contributed by atoms with Crippen LogP contribution >= 0.6 is 17.2 Å². The van der Waals surface area contributed by atoms with Gasteiger partial charge in [-0.2, -0.15) is 0 Å². The lowest BCUT2D eigenvalue weighted by Crippen LogP contribution is -2.69. The van der Waals surface area contributed by atoms with Gasteiger partial charge >= 0.3 is 0 Å². The summed E-state index contributed by atoms with van der Waals surface area (Å²) in [5, 5.41) is 15.9. The van der Waals surface area contributed by atoms with E-state index in [1.807, 2.05) is 0 Å². The molecule has 2 aliphatic heterocycles. The van der Waals surface area contributed by atoms with Crippen LogP contribution < -0.4 is 21.3 Å². The summed E-state index contributed by atoms with van der Waals surface area (Å²) in [5.41, 5.74) is 5.14. The summed E-state index contributed by atoms with van der Waals surface area (Å²) in [7, 11) is 3.22. The molecule has 0 aromatic rings. The minimum atomic E-state index is -0.247. The maximum atomic E-state index is 3.97. The van der Waals surface area contributed by atoms with Gasteiger partial charge in [-0.1, -0.05) is 103 Å². The summed E-state index contributed by atoms with van der Waals surface area (Å²) in [4.78, 5) is 0. The van der Waals surface area contributed by atoms with E-state index in [-0.39, 0.29) is 23.9 Å². The molecule has 4 N–H and O–H groups in total. The highest BCUT2D eigenvalue weighted by Gasteiger charge is 2.53. The van der Waals surface area contributed by atoms with Crippen molar-refractivity contribution in [2.24, 2.45) is 16.7 Å². The summed E-state index contributed by atoms with van der Waals surface area (Å²) in [5.74, 6) is 0.462. The maximum Gasteiger partial charge on any atom is 0.0395 e. The third kappa shape index (κ3) is 6.92. The Balaban J connectivity index is 2.25. The molecule has 0 amide bonds. The molecule has 3 aliphatic rings. The van der Waals surface area contributed by atoms with Crippen LogP contribution in [0.15, 0.2) is 22.8 Å². The van der Waals surface area contributed by atoms with Crippen LogP contribution in [0.4, 0.5) is 0 Å². The molecule has 37 heavy (non-hydrogen) atoms. The largest absolute Gasteiger partial charge is 0.314 e. The Morgan fingerprint density at radius 2 is 1.19 bits per heavy atom. The standard InChI is InChI=1S/C31H60N4P2/c1-27(2,3)23-17-22(31(36,24-18-32-13-15-34-24)25-19-33-14-16-35-25)21(26(23)28(4,5)6)20-37(29(7,8)9)30(10,11)12/h17,21,24-25,32-35H,13-16,18-20,36H2,1-12H3. The number of piperazine rings is 2. The highest BCUT2D eigenvalue weighted by Crippen LogP contribution is 2.64. The second-order valence-electron chi connectivity index (χ2n) is 15.8. The average Bonchev–Trinajstić information content (AvgIpc) is 3.17. The Morgan fingerprint density at radius 3 is 1.51 bits per heavy atom. The van der Waals surface area contributed by atoms with Crippen LogP contribution in [0.25, 0.3) is 0 Å². The van der Waals surface area contributed by atoms with Crippen molar-refractivity contribution in [2.75, 3.05) is 45.4 Å². The SMILES string of the molecule is CC(C)(C)C1=C(C(C)(C)C)C(CP(C(C)(C)C)C(C)(C)C)C(C(P)(C2CNCCN2)C2CNCCN2)=C1. The predicted octanol–water partition coefficient (Wildman–Crippen LogP) is 5.75. The smallest absolute Gasteiger partial charge is 0.0395 e. The molecule has 0 radical (unpaired) electrons. The van der Waals surface area contributed by atoms with Crippen LogP contribution in [0.5, 0.6) is 0 Å². The van der Waals surface area contributed by atoms with Gasteiger partial charge in [0.25, 0.3) is 0 Å². The number of allylic oxidation sites excluding steroid dienone is 3. The molecular formula is C31H60N4P2. The molecule has 4 atom stereocenters. The Morgan fingerprint density at radius 1 is 0.730 bits per heavy atom. The summed E-state index contributed by atoms with van der Waals surface area (Å²) < 4.78 is 0. The molecule has 4 nitrogen and oxygen atoms in total. The van der Waals surface area contributed by atoms with Gasteiger partial charge in [-0.05, 0) is 38.5 Å². The van der Waals surface area contributed by atoms with Crippen LogP contribution in [-0.4, -0.2) is 73.0 Å². The van der Waals surface area contributed by atoms with E-state index in [1.165, 1.54) is 6.16 Å². The van der Waals surface area contributed by atoms with Crippen LogP contribution in [0.3, 0.4) is 0 Å². The average molecular weight is 551 g/mol. The van der Waals surface area contributed by atoms with Crippen molar-refractivity contribution < 1.29 is 0 Å². The molecule has 0 spiro atoms. The minimum absolute atomic E-state index is 0.0776. The lowest BCUT2D eigenvalue weighted by Gasteiger charge is -2.52. The Bertz CT molecular complexity index is 820. The van der Waals surface area contributed by atoms with Crippen LogP contribution in [0, 0.1) is 16.7 Å². The number of nitrogens with one attached hydrogen (secondary N) is 4. The first-order valence-electron chi connectivity index (χ1n) is 14.7. The first-order chi connectivity index (χ1) is 16.8. The lowest BCUT2D eigenvalue weighted by atomic mass is 9.71. The number of hydrogen-bond donors (Lipinski definition) is 4. The topological polar surface area (TPSA) is 48.1 Å². The molecule has 214 valence electrons. The van der Waals surface area contributed by atoms with Gasteiger partial charge in [-0.3, -0.25) is 0 Å². The van der Waals surface area contributed by atoms with E-state index >= 15 is 0 Å². The van der Waals surface area contributed by atoms with E-state index in [0.717, 1.165) is 39.3 Å². The molecule has 0 saturated carbocycles. The van der Waals surface area contributed by atoms with Crippen molar-refractivity contribution in [3.8, 4) is 0 Å². The molecule has 4 unspecified atom stereocenters. The van der Waals surface area contributed by atoms with Gasteiger partial charge in [0, 0.05) is 62.4 Å². The molecule has 0 aromatic carbocycles. The van der Waals surface area contributed by atoms with Crippen LogP contribution in [0.2, 0.25) is 0 Å². The summed E-state index contributed by atoms with van der Waals surface area (Å²) >= 11 is 0. The number of rotatable bonds is 5. The highest BCUT2D eigenvalue weighted by molar-refractivity contribution is 7.60. The van der Waals surface area contributed by atoms with Crippen molar-refractivity contribution >= 4 is 17.2 Å². The van der Waals surface area contributed by atoms with Crippen molar-refractivity contribution in [3.63, 3.8) is 0 Å². The van der Waals surface area contributed by atoms with E-state index in [2.05, 4.69) is 120 Å². The molecule has 1 aliphatic carbocycles. The Kier molecular flexibility index (Phi) is 9.61. The van der Waals surface area contributed by atoms with Crippen LogP contribution in [0.1, 0.15) is 83.1 Å². The second kappa shape index (κ2) is 11.2. The van der Waals surface area contributed by atoms with E-state index in [0.29, 0.717) is 28.3 Å². The lowest BCUT2D eigenvalue weighted by molar-refractivity contribution is 0.270. The van der Waals surface area contributed by atoms with Crippen molar-refractivity contribution in [3.05, 3.63) is 22.8 Å². The molecule has 0 aromatic heterocycles. The Hall–Kier alpha value is 0.180. The molecule has 2 heterocycles. The minimum Gasteiger partial charge on any atom is -0.314 e. The van der Waals surface area contributed by atoms with E-state index in [4.69, 9.17) is 0 Å². The van der Waals surface area contributed by atoms with Gasteiger partial charge in [0.15, 0.2) is 0 Å². The molecule has 0 bridgehead atoms. The molecule has 6 heteroatoms. The zero-order valence-corrected chi connectivity index (χ0v) is 28.3. The maximum absolute atomic E-state index is 3.97. The first kappa shape index (κ1) is 31.7. The zero-order valence-electron chi connectivity index (χ0n) is 26.3. The monoisotopic (exact) mass is 550 g/mol. The normalized spacial score (nSPS) is 28.5.